The van der Waals surface area contributed by atoms with Gasteiger partial charge in [0.25, 0.3) is 0 Å². The van der Waals surface area contributed by atoms with Crippen LogP contribution in [0.1, 0.15) is 68.9 Å². The fourth-order valence-corrected chi connectivity index (χ4v) is 9.38. The number of allylic oxidation sites excluding steroid dienone is 1. The molecule has 1 amide bonds. The quantitative estimate of drug-likeness (QED) is 0.0546. The normalized spacial score (nSPS) is 23.4. The van der Waals surface area contributed by atoms with E-state index >= 15 is 0 Å². The zero-order valence-corrected chi connectivity index (χ0v) is 34.8. The zero-order chi connectivity index (χ0) is 41.9. The van der Waals surface area contributed by atoms with Gasteiger partial charge in [0.2, 0.25) is 5.79 Å². The molecule has 10 heteroatoms. The van der Waals surface area contributed by atoms with Crippen molar-refractivity contribution >= 4 is 11.8 Å². The molecule has 1 fully saturated rings. The number of aliphatic hydroxyl groups is 2. The van der Waals surface area contributed by atoms with Crippen LogP contribution < -0.4 is 9.47 Å². The van der Waals surface area contributed by atoms with Crippen molar-refractivity contribution in [2.75, 3.05) is 33.5 Å². The molecule has 10 nitrogen and oxygen atoms in total. The summed E-state index contributed by atoms with van der Waals surface area (Å²) in [6.07, 6.45) is 8.53. The fourth-order valence-electron chi connectivity index (χ4n) is 9.38. The van der Waals surface area contributed by atoms with E-state index in [0.717, 1.165) is 59.2 Å². The molecule has 4 aromatic rings. The molecule has 0 bridgehead atoms. The van der Waals surface area contributed by atoms with E-state index in [1.165, 1.54) is 0 Å². The average molecular weight is 815 g/mol. The molecule has 0 radical (unpaired) electrons. The number of nitrogens with zero attached hydrogens (tertiary/aromatic N) is 2. The second-order valence-electron chi connectivity index (χ2n) is 15.8. The highest BCUT2D eigenvalue weighted by Crippen LogP contribution is 2.62. The SMILES string of the molecule is C=CCOC12Oc3ccc(Oc4ccc(-c5ccccc5)cc4)cc3C3C(CCCCO)C(CCCCO)C=C(C(=NOCc4ccccc4)CC1N(C)C(=O)OCC)C32. The van der Waals surface area contributed by atoms with Crippen LogP contribution in [0.4, 0.5) is 4.79 Å². The van der Waals surface area contributed by atoms with Crippen LogP contribution >= 0.6 is 0 Å². The molecule has 2 aliphatic carbocycles. The lowest BCUT2D eigenvalue weighted by Crippen LogP contribution is -2.69. The first kappa shape index (κ1) is 42.7. The van der Waals surface area contributed by atoms with Gasteiger partial charge in [0.1, 0.15) is 29.9 Å². The second kappa shape index (κ2) is 20.2. The van der Waals surface area contributed by atoms with Crippen LogP contribution in [0.2, 0.25) is 0 Å². The van der Waals surface area contributed by atoms with E-state index in [-0.39, 0.29) is 57.2 Å². The van der Waals surface area contributed by atoms with Crippen LogP contribution in [0.15, 0.2) is 133 Å². The van der Waals surface area contributed by atoms with Gasteiger partial charge in [-0.15, -0.1) is 6.58 Å². The first-order chi connectivity index (χ1) is 29.4. The van der Waals surface area contributed by atoms with Crippen molar-refractivity contribution in [1.82, 2.24) is 4.90 Å². The first-order valence-electron chi connectivity index (χ1n) is 21.4. The standard InChI is InChI=1S/C50H58N2O8/c1-4-30-57-50-46(52(3)49(55)56-5-2)33-44(51-58-34-35-16-8-6-9-17-35)42-31-38(20-12-14-28-53)41(21-13-15-29-54)47(48(42)50)43-32-40(26-27-45(43)60-50)59-39-24-22-37(23-25-39)36-18-10-7-11-19-36/h4,6-11,16-19,22-27,31-32,38,41,46-48,53-54H,1,5,12-15,20-21,28-30,33-34H2,2-3H3. The van der Waals surface area contributed by atoms with Crippen LogP contribution in [0, 0.1) is 17.8 Å². The molecule has 6 atom stereocenters. The molecule has 6 unspecified atom stereocenters. The number of likely N-dealkylation sites (N-methyl/N-ethyl adjacent to an activating group) is 1. The van der Waals surface area contributed by atoms with Gasteiger partial charge in [0.05, 0.1) is 24.8 Å². The van der Waals surface area contributed by atoms with E-state index in [0.29, 0.717) is 30.1 Å². The number of benzene rings is 4. The van der Waals surface area contributed by atoms with Crippen molar-refractivity contribution in [2.24, 2.45) is 22.9 Å². The van der Waals surface area contributed by atoms with Crippen molar-refractivity contribution in [3.05, 3.63) is 139 Å². The summed E-state index contributed by atoms with van der Waals surface area (Å²) in [6.45, 7) is 6.67. The van der Waals surface area contributed by atoms with E-state index < -0.39 is 23.8 Å². The summed E-state index contributed by atoms with van der Waals surface area (Å²) < 4.78 is 26.4. The Morgan fingerprint density at radius 2 is 1.58 bits per heavy atom. The van der Waals surface area contributed by atoms with Gasteiger partial charge in [-0.25, -0.2) is 4.79 Å². The van der Waals surface area contributed by atoms with Crippen LogP contribution in [0.5, 0.6) is 17.2 Å². The monoisotopic (exact) mass is 814 g/mol. The highest BCUT2D eigenvalue weighted by Gasteiger charge is 2.65. The molecule has 0 spiro atoms. The zero-order valence-electron chi connectivity index (χ0n) is 34.8. The largest absolute Gasteiger partial charge is 0.459 e. The molecule has 1 aliphatic heterocycles. The molecule has 1 heterocycles. The van der Waals surface area contributed by atoms with E-state index in [9.17, 15) is 15.0 Å². The third-order valence-corrected chi connectivity index (χ3v) is 12.1. The Hall–Kier alpha value is -5.42. The topological polar surface area (TPSA) is 119 Å². The molecule has 1 saturated carbocycles. The summed E-state index contributed by atoms with van der Waals surface area (Å²) in [5.74, 6) is 0.226. The van der Waals surface area contributed by atoms with Crippen LogP contribution in [0.25, 0.3) is 11.1 Å². The minimum atomic E-state index is -1.36. The Balaban J connectivity index is 1.37. The molecule has 3 aliphatic rings. The predicted octanol–water partition coefficient (Wildman–Crippen LogP) is 10.1. The maximum Gasteiger partial charge on any atom is 0.409 e. The maximum atomic E-state index is 13.7. The number of ether oxygens (including phenoxy) is 4. The summed E-state index contributed by atoms with van der Waals surface area (Å²) >= 11 is 0. The van der Waals surface area contributed by atoms with E-state index in [1.54, 1.807) is 24.9 Å². The van der Waals surface area contributed by atoms with Crippen molar-refractivity contribution in [2.45, 2.75) is 76.2 Å². The number of hydrogen-bond acceptors (Lipinski definition) is 9. The lowest BCUT2D eigenvalue weighted by atomic mass is 9.55. The lowest BCUT2D eigenvalue weighted by molar-refractivity contribution is -0.253. The number of hydrogen-bond donors (Lipinski definition) is 2. The van der Waals surface area contributed by atoms with Gasteiger partial charge in [0, 0.05) is 38.2 Å². The summed E-state index contributed by atoms with van der Waals surface area (Å²) in [4.78, 5) is 21.4. The first-order valence-corrected chi connectivity index (χ1v) is 21.4. The number of amides is 1. The van der Waals surface area contributed by atoms with Gasteiger partial charge in [-0.3, -0.25) is 0 Å². The van der Waals surface area contributed by atoms with Crippen molar-refractivity contribution < 1.29 is 38.8 Å². The van der Waals surface area contributed by atoms with Crippen molar-refractivity contribution in [1.29, 1.82) is 0 Å². The molecule has 2 N–H and O–H groups in total. The fraction of sp³-hybridized carbons (Fsp3) is 0.400. The molecule has 4 aromatic carbocycles. The molecule has 60 heavy (non-hydrogen) atoms. The van der Waals surface area contributed by atoms with Gasteiger partial charge in [0.15, 0.2) is 0 Å². The van der Waals surface area contributed by atoms with Crippen molar-refractivity contribution in [3.63, 3.8) is 0 Å². The summed E-state index contributed by atoms with van der Waals surface area (Å²) in [5.41, 5.74) is 5.88. The predicted molar refractivity (Wildman–Crippen MR) is 233 cm³/mol. The smallest absolute Gasteiger partial charge is 0.409 e. The Morgan fingerprint density at radius 3 is 2.28 bits per heavy atom. The second-order valence-corrected chi connectivity index (χ2v) is 15.8. The van der Waals surface area contributed by atoms with Gasteiger partial charge >= 0.3 is 6.09 Å². The molecule has 0 aromatic heterocycles. The van der Waals surface area contributed by atoms with Crippen molar-refractivity contribution in [3.8, 4) is 28.4 Å². The number of unbranched alkanes of at least 4 members (excludes halogenated alkanes) is 2. The third kappa shape index (κ3) is 9.31. The lowest BCUT2D eigenvalue weighted by Gasteiger charge is -2.59. The summed E-state index contributed by atoms with van der Waals surface area (Å²) in [6, 6.07) is 33.5. The third-order valence-electron chi connectivity index (χ3n) is 12.1. The number of carbonyl (C=O) groups is 1. The summed E-state index contributed by atoms with van der Waals surface area (Å²) in [7, 11) is 1.73. The molecular weight excluding hydrogens is 757 g/mol. The Kier molecular flexibility index (Phi) is 14.4. The number of fused-ring (bicyclic) bond motifs is 2. The molecule has 316 valence electrons. The van der Waals surface area contributed by atoms with Crippen LogP contribution in [-0.4, -0.2) is 72.2 Å². The Morgan fingerprint density at radius 1 is 0.900 bits per heavy atom. The van der Waals surface area contributed by atoms with E-state index in [4.69, 9.17) is 28.9 Å². The summed E-state index contributed by atoms with van der Waals surface area (Å²) in [5, 5.41) is 24.7. The number of rotatable bonds is 19. The Bertz CT molecular complexity index is 2090. The van der Waals surface area contributed by atoms with Gasteiger partial charge < -0.3 is 38.9 Å². The van der Waals surface area contributed by atoms with Crippen LogP contribution in [-0.2, 0) is 20.9 Å². The number of carbonyl (C=O) groups excluding carboxylic acids is 1. The minimum Gasteiger partial charge on any atom is -0.459 e. The van der Waals surface area contributed by atoms with Gasteiger partial charge in [-0.2, -0.15) is 0 Å². The molecular formula is C50H58N2O8. The van der Waals surface area contributed by atoms with Gasteiger partial charge in [-0.05, 0) is 97.0 Å². The molecule has 7 rings (SSSR count). The van der Waals surface area contributed by atoms with Crippen LogP contribution in [0.3, 0.4) is 0 Å². The number of aliphatic hydroxyl groups excluding tert-OH is 2. The Labute approximate surface area is 354 Å². The average Bonchev–Trinajstić information content (AvgIpc) is 3.28. The van der Waals surface area contributed by atoms with E-state index in [1.807, 2.05) is 72.8 Å². The van der Waals surface area contributed by atoms with E-state index in [2.05, 4.69) is 43.0 Å². The number of oxime groups is 1. The highest BCUT2D eigenvalue weighted by atomic mass is 16.7. The maximum absolute atomic E-state index is 13.7. The highest BCUT2D eigenvalue weighted by molar-refractivity contribution is 6.03. The molecule has 0 saturated heterocycles. The minimum absolute atomic E-state index is 0.0805. The van der Waals surface area contributed by atoms with Gasteiger partial charge in [-0.1, -0.05) is 103 Å².